The first kappa shape index (κ1) is 18.4. The maximum atomic E-state index is 12.3. The van der Waals surface area contributed by atoms with E-state index in [1.165, 1.54) is 24.8 Å². The molecule has 0 radical (unpaired) electrons. The molecule has 3 aliphatic rings. The number of allylic oxidation sites excluding steroid dienone is 1. The smallest absolute Gasteiger partial charge is 0.271 e. The third-order valence-electron chi connectivity index (χ3n) is 5.65. The topological polar surface area (TPSA) is 76.6 Å². The van der Waals surface area contributed by atoms with Crippen LogP contribution in [0.4, 0.5) is 5.82 Å². The van der Waals surface area contributed by atoms with Gasteiger partial charge in [0.1, 0.15) is 11.5 Å². The fraction of sp³-hybridized carbons (Fsp3) is 0.650. The zero-order chi connectivity index (χ0) is 18.5. The molecule has 2 aliphatic heterocycles. The molecule has 2 fully saturated rings. The van der Waals surface area contributed by atoms with Crippen LogP contribution in [0.25, 0.3) is 0 Å². The van der Waals surface area contributed by atoms with Crippen molar-refractivity contribution in [2.75, 3.05) is 37.7 Å². The van der Waals surface area contributed by atoms with E-state index in [1.54, 1.807) is 12.4 Å². The standard InChI is InChI=1S/C20H28N4O3/c25-19(21-9-6-16-4-2-1-3-5-16)17-14-23-18(15-22-17)24-10-7-20(8-11-24)26-12-13-27-20/h4,14-15H,1-3,5-13H2,(H,21,25). The molecule has 7 heteroatoms. The lowest BCUT2D eigenvalue weighted by molar-refractivity contribution is -0.169. The van der Waals surface area contributed by atoms with Gasteiger partial charge in [-0.05, 0) is 32.1 Å². The average molecular weight is 372 g/mol. The number of hydrogen-bond acceptors (Lipinski definition) is 6. The van der Waals surface area contributed by atoms with Gasteiger partial charge in [-0.15, -0.1) is 0 Å². The summed E-state index contributed by atoms with van der Waals surface area (Å²) in [5.41, 5.74) is 1.83. The number of carbonyl (C=O) groups is 1. The molecule has 1 aliphatic carbocycles. The van der Waals surface area contributed by atoms with Gasteiger partial charge in [0.25, 0.3) is 5.91 Å². The Labute approximate surface area is 160 Å². The first-order chi connectivity index (χ1) is 13.2. The van der Waals surface area contributed by atoms with Crippen LogP contribution < -0.4 is 10.2 Å². The Hall–Kier alpha value is -1.99. The molecule has 0 atom stereocenters. The maximum Gasteiger partial charge on any atom is 0.271 e. The normalized spacial score (nSPS) is 21.9. The van der Waals surface area contributed by atoms with Crippen molar-refractivity contribution in [1.29, 1.82) is 0 Å². The minimum Gasteiger partial charge on any atom is -0.355 e. The van der Waals surface area contributed by atoms with Crippen LogP contribution in [-0.2, 0) is 9.47 Å². The van der Waals surface area contributed by atoms with Gasteiger partial charge in [0.05, 0.1) is 25.6 Å². The van der Waals surface area contributed by atoms with Gasteiger partial charge in [-0.2, -0.15) is 0 Å². The number of anilines is 1. The van der Waals surface area contributed by atoms with E-state index in [9.17, 15) is 4.79 Å². The highest BCUT2D eigenvalue weighted by atomic mass is 16.7. The minimum absolute atomic E-state index is 0.157. The highest BCUT2D eigenvalue weighted by molar-refractivity contribution is 5.92. The number of aromatic nitrogens is 2. The summed E-state index contributed by atoms with van der Waals surface area (Å²) in [5, 5.41) is 2.95. The Balaban J connectivity index is 1.26. The number of amides is 1. The minimum atomic E-state index is -0.391. The second kappa shape index (κ2) is 8.35. The van der Waals surface area contributed by atoms with Gasteiger partial charge in [0, 0.05) is 32.5 Å². The monoisotopic (exact) mass is 372 g/mol. The Morgan fingerprint density at radius 1 is 1.15 bits per heavy atom. The summed E-state index contributed by atoms with van der Waals surface area (Å²) in [6, 6.07) is 0. The summed E-state index contributed by atoms with van der Waals surface area (Å²) in [4.78, 5) is 23.2. The lowest BCUT2D eigenvalue weighted by Crippen LogP contribution is -2.45. The summed E-state index contributed by atoms with van der Waals surface area (Å²) < 4.78 is 11.5. The van der Waals surface area contributed by atoms with Crippen molar-refractivity contribution in [3.8, 4) is 0 Å². The molecule has 7 nitrogen and oxygen atoms in total. The van der Waals surface area contributed by atoms with E-state index in [0.29, 0.717) is 25.5 Å². The van der Waals surface area contributed by atoms with Crippen molar-refractivity contribution in [3.63, 3.8) is 0 Å². The highest BCUT2D eigenvalue weighted by Crippen LogP contribution is 2.32. The van der Waals surface area contributed by atoms with Crippen molar-refractivity contribution in [3.05, 3.63) is 29.7 Å². The molecular formula is C20H28N4O3. The second-order valence-corrected chi connectivity index (χ2v) is 7.47. The Morgan fingerprint density at radius 3 is 2.63 bits per heavy atom. The van der Waals surface area contributed by atoms with Gasteiger partial charge < -0.3 is 19.7 Å². The van der Waals surface area contributed by atoms with Crippen LogP contribution in [0, 0.1) is 0 Å². The van der Waals surface area contributed by atoms with Crippen LogP contribution in [0.5, 0.6) is 0 Å². The van der Waals surface area contributed by atoms with Gasteiger partial charge in [-0.25, -0.2) is 9.97 Å². The van der Waals surface area contributed by atoms with Gasteiger partial charge in [0.15, 0.2) is 5.79 Å². The van der Waals surface area contributed by atoms with Gasteiger partial charge in [0.2, 0.25) is 0 Å². The molecule has 3 heterocycles. The summed E-state index contributed by atoms with van der Waals surface area (Å²) >= 11 is 0. The zero-order valence-corrected chi connectivity index (χ0v) is 15.8. The van der Waals surface area contributed by atoms with Crippen molar-refractivity contribution in [2.45, 2.75) is 50.7 Å². The van der Waals surface area contributed by atoms with Crippen LogP contribution >= 0.6 is 0 Å². The molecule has 4 rings (SSSR count). The van der Waals surface area contributed by atoms with Crippen LogP contribution in [0.2, 0.25) is 0 Å². The van der Waals surface area contributed by atoms with E-state index in [-0.39, 0.29) is 5.91 Å². The molecule has 1 aromatic rings. The Kier molecular flexibility index (Phi) is 5.69. The largest absolute Gasteiger partial charge is 0.355 e. The van der Waals surface area contributed by atoms with E-state index in [0.717, 1.165) is 44.6 Å². The van der Waals surface area contributed by atoms with E-state index >= 15 is 0 Å². The van der Waals surface area contributed by atoms with E-state index in [1.807, 2.05) is 0 Å². The number of rotatable bonds is 5. The molecule has 0 unspecified atom stereocenters. The lowest BCUT2D eigenvalue weighted by Gasteiger charge is -2.37. The Morgan fingerprint density at radius 2 is 1.96 bits per heavy atom. The number of hydrogen-bond donors (Lipinski definition) is 1. The number of nitrogens with zero attached hydrogens (tertiary/aromatic N) is 3. The number of nitrogens with one attached hydrogen (secondary N) is 1. The van der Waals surface area contributed by atoms with Gasteiger partial charge in [-0.3, -0.25) is 4.79 Å². The van der Waals surface area contributed by atoms with Crippen LogP contribution in [0.3, 0.4) is 0 Å². The number of piperidine rings is 1. The first-order valence-electron chi connectivity index (χ1n) is 10.1. The van der Waals surface area contributed by atoms with Gasteiger partial charge in [-0.1, -0.05) is 11.6 Å². The quantitative estimate of drug-likeness (QED) is 0.800. The summed E-state index contributed by atoms with van der Waals surface area (Å²) in [5.74, 6) is 0.250. The molecule has 0 bridgehead atoms. The van der Waals surface area contributed by atoms with Crippen LogP contribution in [0.1, 0.15) is 55.4 Å². The SMILES string of the molecule is O=C(NCCC1=CCCCC1)c1cnc(N2CCC3(CC2)OCCO3)cn1. The van der Waals surface area contributed by atoms with Crippen molar-refractivity contribution >= 4 is 11.7 Å². The second-order valence-electron chi connectivity index (χ2n) is 7.47. The number of ether oxygens (including phenoxy) is 2. The zero-order valence-electron chi connectivity index (χ0n) is 15.8. The fourth-order valence-electron chi connectivity index (χ4n) is 4.02. The summed E-state index contributed by atoms with van der Waals surface area (Å²) in [6.07, 6.45) is 13.0. The molecule has 1 N–H and O–H groups in total. The summed E-state index contributed by atoms with van der Waals surface area (Å²) in [7, 11) is 0. The fourth-order valence-corrected chi connectivity index (χ4v) is 4.02. The average Bonchev–Trinajstić information content (AvgIpc) is 3.17. The first-order valence-corrected chi connectivity index (χ1v) is 10.1. The predicted octanol–water partition coefficient (Wildman–Crippen LogP) is 2.44. The van der Waals surface area contributed by atoms with Crippen LogP contribution in [-0.4, -0.2) is 54.5 Å². The molecule has 2 saturated heterocycles. The van der Waals surface area contributed by atoms with Gasteiger partial charge >= 0.3 is 0 Å². The molecule has 1 aromatic heterocycles. The molecule has 0 aromatic carbocycles. The molecule has 1 spiro atoms. The maximum absolute atomic E-state index is 12.3. The Bertz CT molecular complexity index is 673. The molecule has 27 heavy (non-hydrogen) atoms. The number of carbonyl (C=O) groups excluding carboxylic acids is 1. The van der Waals surface area contributed by atoms with E-state index in [4.69, 9.17) is 9.47 Å². The highest BCUT2D eigenvalue weighted by Gasteiger charge is 2.40. The third kappa shape index (κ3) is 4.47. The lowest BCUT2D eigenvalue weighted by atomic mass is 9.97. The van der Waals surface area contributed by atoms with Crippen molar-refractivity contribution in [2.24, 2.45) is 0 Å². The van der Waals surface area contributed by atoms with Crippen molar-refractivity contribution < 1.29 is 14.3 Å². The van der Waals surface area contributed by atoms with Crippen molar-refractivity contribution in [1.82, 2.24) is 15.3 Å². The van der Waals surface area contributed by atoms with Crippen LogP contribution in [0.15, 0.2) is 24.0 Å². The molecule has 0 saturated carbocycles. The summed E-state index contributed by atoms with van der Waals surface area (Å²) in [6.45, 7) is 3.65. The molecule has 146 valence electrons. The molecular weight excluding hydrogens is 344 g/mol. The molecule has 1 amide bonds. The third-order valence-corrected chi connectivity index (χ3v) is 5.65. The van der Waals surface area contributed by atoms with E-state index in [2.05, 4.69) is 26.3 Å². The van der Waals surface area contributed by atoms with E-state index < -0.39 is 5.79 Å². The predicted molar refractivity (Wildman–Crippen MR) is 102 cm³/mol.